The minimum atomic E-state index is 0.0559. The van der Waals surface area contributed by atoms with Crippen LogP contribution in [0.25, 0.3) is 17.0 Å². The van der Waals surface area contributed by atoms with Crippen LogP contribution in [0.2, 0.25) is 0 Å². The fourth-order valence-corrected chi connectivity index (χ4v) is 3.60. The molecule has 0 amide bonds. The van der Waals surface area contributed by atoms with E-state index in [0.717, 1.165) is 12.8 Å². The number of rotatable bonds is 2. The van der Waals surface area contributed by atoms with E-state index in [-0.39, 0.29) is 5.41 Å². The van der Waals surface area contributed by atoms with Gasteiger partial charge in [0, 0.05) is 12.1 Å². The first-order valence-electron chi connectivity index (χ1n) is 7.46. The molecule has 1 nitrogen and oxygen atoms in total. The Bertz CT molecular complexity index is 678. The van der Waals surface area contributed by atoms with Crippen molar-refractivity contribution in [2.45, 2.75) is 39.0 Å². The summed E-state index contributed by atoms with van der Waals surface area (Å²) in [6, 6.07) is 13.2. The second-order valence-corrected chi connectivity index (χ2v) is 5.74. The molecule has 1 aromatic carbocycles. The van der Waals surface area contributed by atoms with Crippen LogP contribution in [0, 0.1) is 6.92 Å². The molecule has 0 saturated carbocycles. The molecule has 1 heteroatoms. The number of fused-ring (bicyclic) bond motifs is 3. The first-order chi connectivity index (χ1) is 9.64. The van der Waals surface area contributed by atoms with E-state index in [9.17, 15) is 0 Å². The Morgan fingerprint density at radius 3 is 2.55 bits per heavy atom. The van der Waals surface area contributed by atoms with Crippen molar-refractivity contribution in [2.24, 2.45) is 0 Å². The lowest BCUT2D eigenvalue weighted by atomic mass is 9.69. The molecule has 0 radical (unpaired) electrons. The maximum atomic E-state index is 4.44. The zero-order chi connectivity index (χ0) is 14.3. The van der Waals surface area contributed by atoms with E-state index < -0.39 is 0 Å². The van der Waals surface area contributed by atoms with Gasteiger partial charge < -0.3 is 0 Å². The summed E-state index contributed by atoms with van der Waals surface area (Å²) in [4.78, 5) is 0. The van der Waals surface area contributed by atoms with Crippen molar-refractivity contribution < 1.29 is 4.57 Å². The lowest BCUT2D eigenvalue weighted by molar-refractivity contribution is -0.577. The molecule has 0 fully saturated rings. The number of hydrogen-bond donors (Lipinski definition) is 0. The van der Waals surface area contributed by atoms with E-state index in [1.807, 2.05) is 0 Å². The fourth-order valence-electron chi connectivity index (χ4n) is 3.60. The summed E-state index contributed by atoms with van der Waals surface area (Å²) in [5.41, 5.74) is 6.64. The SMILES string of the molecule is C=C1[n+]2ccccc2-c2ccc(C)cc2C1(CC)CC. The summed E-state index contributed by atoms with van der Waals surface area (Å²) < 4.78 is 2.27. The van der Waals surface area contributed by atoms with Crippen molar-refractivity contribution in [1.82, 2.24) is 0 Å². The van der Waals surface area contributed by atoms with Gasteiger partial charge in [0.1, 0.15) is 0 Å². The Kier molecular flexibility index (Phi) is 3.01. The Hall–Kier alpha value is -1.89. The van der Waals surface area contributed by atoms with Gasteiger partial charge >= 0.3 is 0 Å². The molecule has 0 saturated heterocycles. The number of pyridine rings is 1. The highest BCUT2D eigenvalue weighted by atomic mass is 15.0. The van der Waals surface area contributed by atoms with Crippen molar-refractivity contribution in [3.63, 3.8) is 0 Å². The van der Waals surface area contributed by atoms with Crippen LogP contribution >= 0.6 is 0 Å². The standard InChI is InChI=1S/C19H22N/c1-5-19(6-2)15(4)20-12-8-7-9-18(20)16-11-10-14(3)13-17(16)19/h7-13H,4-6H2,1-3H3/q+1. The van der Waals surface area contributed by atoms with Crippen molar-refractivity contribution in [3.05, 3.63) is 60.3 Å². The van der Waals surface area contributed by atoms with Crippen LogP contribution in [0.3, 0.4) is 0 Å². The van der Waals surface area contributed by atoms with E-state index in [4.69, 9.17) is 0 Å². The molecule has 0 atom stereocenters. The smallest absolute Gasteiger partial charge is 0.164 e. The Labute approximate surface area is 121 Å². The summed E-state index contributed by atoms with van der Waals surface area (Å²) in [6.07, 6.45) is 4.31. The molecule has 1 aliphatic heterocycles. The van der Waals surface area contributed by atoms with Crippen LogP contribution < -0.4 is 4.57 Å². The molecule has 0 N–H and O–H groups in total. The zero-order valence-electron chi connectivity index (χ0n) is 12.6. The molecular formula is C19H22N+. The average Bonchev–Trinajstić information content (AvgIpc) is 2.49. The van der Waals surface area contributed by atoms with Gasteiger partial charge in [0.05, 0.1) is 11.0 Å². The van der Waals surface area contributed by atoms with Gasteiger partial charge in [-0.05, 0) is 44.0 Å². The highest BCUT2D eigenvalue weighted by Crippen LogP contribution is 2.46. The molecule has 20 heavy (non-hydrogen) atoms. The first kappa shape index (κ1) is 13.1. The second kappa shape index (κ2) is 4.59. The largest absolute Gasteiger partial charge is 0.218 e. The summed E-state index contributed by atoms with van der Waals surface area (Å²) in [5, 5.41) is 0. The number of hydrogen-bond acceptors (Lipinski definition) is 0. The number of aryl methyl sites for hydroxylation is 1. The van der Waals surface area contributed by atoms with Gasteiger partial charge in [-0.15, -0.1) is 0 Å². The van der Waals surface area contributed by atoms with Crippen LogP contribution in [0.4, 0.5) is 0 Å². The zero-order valence-corrected chi connectivity index (χ0v) is 12.6. The first-order valence-corrected chi connectivity index (χ1v) is 7.46. The minimum absolute atomic E-state index is 0.0559. The molecule has 1 aromatic heterocycles. The Morgan fingerprint density at radius 1 is 1.10 bits per heavy atom. The minimum Gasteiger partial charge on any atom is -0.164 e. The highest BCUT2D eigenvalue weighted by Gasteiger charge is 2.45. The van der Waals surface area contributed by atoms with Gasteiger partial charge in [0.2, 0.25) is 5.69 Å². The Morgan fingerprint density at radius 2 is 1.85 bits per heavy atom. The van der Waals surface area contributed by atoms with Crippen LogP contribution in [0.1, 0.15) is 37.8 Å². The van der Waals surface area contributed by atoms with E-state index in [1.54, 1.807) is 0 Å². The number of benzene rings is 1. The average molecular weight is 264 g/mol. The normalized spacial score (nSPS) is 15.7. The van der Waals surface area contributed by atoms with E-state index >= 15 is 0 Å². The monoisotopic (exact) mass is 264 g/mol. The lowest BCUT2D eigenvalue weighted by Gasteiger charge is -2.35. The van der Waals surface area contributed by atoms with Gasteiger partial charge in [-0.3, -0.25) is 0 Å². The third kappa shape index (κ3) is 1.59. The van der Waals surface area contributed by atoms with Gasteiger partial charge in [-0.1, -0.05) is 31.5 Å². The molecule has 102 valence electrons. The summed E-state index contributed by atoms with van der Waals surface area (Å²) in [7, 11) is 0. The van der Waals surface area contributed by atoms with Crippen molar-refractivity contribution >= 4 is 5.70 Å². The van der Waals surface area contributed by atoms with Crippen LogP contribution in [0.15, 0.2) is 49.2 Å². The van der Waals surface area contributed by atoms with Crippen LogP contribution in [-0.4, -0.2) is 0 Å². The van der Waals surface area contributed by atoms with E-state index in [0.29, 0.717) is 0 Å². The highest BCUT2D eigenvalue weighted by molar-refractivity contribution is 5.73. The molecule has 0 bridgehead atoms. The molecule has 0 aliphatic carbocycles. The van der Waals surface area contributed by atoms with Crippen LogP contribution in [0.5, 0.6) is 0 Å². The van der Waals surface area contributed by atoms with Gasteiger partial charge in [0.25, 0.3) is 0 Å². The van der Waals surface area contributed by atoms with E-state index in [2.05, 4.69) is 74.5 Å². The molecule has 0 spiro atoms. The van der Waals surface area contributed by atoms with Gasteiger partial charge in [-0.25, -0.2) is 0 Å². The summed E-state index contributed by atoms with van der Waals surface area (Å²) >= 11 is 0. The predicted octanol–water partition coefficient (Wildman–Crippen LogP) is 4.49. The van der Waals surface area contributed by atoms with Crippen molar-refractivity contribution in [1.29, 1.82) is 0 Å². The molecule has 3 rings (SSSR count). The quantitative estimate of drug-likeness (QED) is 0.704. The second-order valence-electron chi connectivity index (χ2n) is 5.74. The molecular weight excluding hydrogens is 242 g/mol. The third-order valence-corrected chi connectivity index (χ3v) is 4.88. The molecule has 0 unspecified atom stereocenters. The number of nitrogens with zero attached hydrogens (tertiary/aromatic N) is 1. The topological polar surface area (TPSA) is 3.88 Å². The Balaban J connectivity index is 2.40. The van der Waals surface area contributed by atoms with Crippen molar-refractivity contribution in [3.8, 4) is 11.3 Å². The summed E-state index contributed by atoms with van der Waals surface area (Å²) in [6.45, 7) is 11.2. The van der Waals surface area contributed by atoms with E-state index in [1.165, 1.54) is 28.1 Å². The van der Waals surface area contributed by atoms with Gasteiger partial charge in [0.15, 0.2) is 11.9 Å². The van der Waals surface area contributed by atoms with Crippen molar-refractivity contribution in [2.75, 3.05) is 0 Å². The number of allylic oxidation sites excluding steroid dienone is 1. The van der Waals surface area contributed by atoms with Crippen LogP contribution in [-0.2, 0) is 5.41 Å². The maximum absolute atomic E-state index is 4.44. The fraction of sp³-hybridized carbons (Fsp3) is 0.316. The summed E-state index contributed by atoms with van der Waals surface area (Å²) in [5.74, 6) is 0. The van der Waals surface area contributed by atoms with Gasteiger partial charge in [-0.2, -0.15) is 4.57 Å². The molecule has 2 aromatic rings. The molecule has 1 aliphatic rings. The lowest BCUT2D eigenvalue weighted by Crippen LogP contribution is -2.48. The predicted molar refractivity (Wildman–Crippen MR) is 84.4 cm³/mol. The number of aromatic nitrogens is 1. The maximum Gasteiger partial charge on any atom is 0.218 e. The molecule has 2 heterocycles. The third-order valence-electron chi connectivity index (χ3n) is 4.88.